The zero-order valence-corrected chi connectivity index (χ0v) is 12.2. The molecule has 0 saturated heterocycles. The van der Waals surface area contributed by atoms with Gasteiger partial charge in [0.05, 0.1) is 4.47 Å². The van der Waals surface area contributed by atoms with Gasteiger partial charge in [0.1, 0.15) is 5.75 Å². The monoisotopic (exact) mass is 335 g/mol. The lowest BCUT2D eigenvalue weighted by molar-refractivity contribution is 0.317. The highest BCUT2D eigenvalue weighted by molar-refractivity contribution is 9.11. The van der Waals surface area contributed by atoms with Crippen molar-refractivity contribution in [2.24, 2.45) is 11.1 Å². The molecule has 0 bridgehead atoms. The van der Waals surface area contributed by atoms with Gasteiger partial charge in [-0.3, -0.25) is 0 Å². The number of rotatable bonds is 1. The highest BCUT2D eigenvalue weighted by Crippen LogP contribution is 2.40. The summed E-state index contributed by atoms with van der Waals surface area (Å²) in [5.41, 5.74) is 6.78. The predicted octanol–water partition coefficient (Wildman–Crippen LogP) is 3.96. The minimum atomic E-state index is -0.203. The van der Waals surface area contributed by atoms with Gasteiger partial charge in [0, 0.05) is 16.1 Å². The van der Waals surface area contributed by atoms with E-state index < -0.39 is 0 Å². The van der Waals surface area contributed by atoms with Crippen LogP contribution in [0, 0.1) is 5.41 Å². The molecule has 1 aromatic rings. The quantitative estimate of drug-likeness (QED) is 0.815. The number of nitrogens with two attached hydrogens (primary N) is 1. The molecule has 0 saturated carbocycles. The van der Waals surface area contributed by atoms with E-state index in [0.29, 0.717) is 4.47 Å². The van der Waals surface area contributed by atoms with Crippen LogP contribution in [0.15, 0.2) is 21.1 Å². The molecule has 0 radical (unpaired) electrons. The second-order valence-electron chi connectivity index (χ2n) is 4.67. The molecule has 1 aromatic carbocycles. The Labute approximate surface area is 107 Å². The number of halogens is 2. The summed E-state index contributed by atoms with van der Waals surface area (Å²) in [6, 6.07) is 3.45. The zero-order chi connectivity index (χ0) is 11.8. The first-order valence-corrected chi connectivity index (χ1v) is 6.25. The van der Waals surface area contributed by atoms with Gasteiger partial charge in [-0.25, -0.2) is 0 Å². The number of phenols is 1. The van der Waals surface area contributed by atoms with E-state index in [2.05, 4.69) is 31.9 Å². The molecule has 0 unspecified atom stereocenters. The molecule has 1 rings (SSSR count). The predicted molar refractivity (Wildman–Crippen MR) is 69.9 cm³/mol. The van der Waals surface area contributed by atoms with Crippen LogP contribution < -0.4 is 5.73 Å². The summed E-state index contributed by atoms with van der Waals surface area (Å²) >= 11 is 6.68. The third-order valence-corrected chi connectivity index (χ3v) is 3.39. The molecule has 4 heteroatoms. The van der Waals surface area contributed by atoms with Gasteiger partial charge in [0.25, 0.3) is 0 Å². The molecular weight excluding hydrogens is 322 g/mol. The average Bonchev–Trinajstić information content (AvgIpc) is 2.08. The summed E-state index contributed by atoms with van der Waals surface area (Å²) in [6.45, 7) is 6.14. The number of hydrogen-bond donors (Lipinski definition) is 2. The third-order valence-electron chi connectivity index (χ3n) is 2.33. The van der Waals surface area contributed by atoms with Crippen molar-refractivity contribution in [3.63, 3.8) is 0 Å². The first-order chi connectivity index (χ1) is 6.73. The molecule has 0 aliphatic heterocycles. The Balaban J connectivity index is 3.25. The average molecular weight is 337 g/mol. The Bertz CT molecular complexity index is 372. The second-order valence-corrected chi connectivity index (χ2v) is 6.44. The Morgan fingerprint density at radius 1 is 1.27 bits per heavy atom. The van der Waals surface area contributed by atoms with Crippen molar-refractivity contribution < 1.29 is 5.11 Å². The number of aromatic hydroxyl groups is 1. The fourth-order valence-electron chi connectivity index (χ4n) is 1.29. The first kappa shape index (κ1) is 13.0. The zero-order valence-electron chi connectivity index (χ0n) is 9.01. The van der Waals surface area contributed by atoms with Crippen molar-refractivity contribution in [3.05, 3.63) is 26.6 Å². The molecular formula is C11H15Br2NO. The van der Waals surface area contributed by atoms with Crippen molar-refractivity contribution in [2.45, 2.75) is 26.8 Å². The topological polar surface area (TPSA) is 46.2 Å². The maximum Gasteiger partial charge on any atom is 0.134 e. The van der Waals surface area contributed by atoms with Gasteiger partial charge in [-0.15, -0.1) is 0 Å². The van der Waals surface area contributed by atoms with Crippen LogP contribution in [0.1, 0.15) is 32.4 Å². The molecule has 0 heterocycles. The normalized spacial score (nSPS) is 14.0. The lowest BCUT2D eigenvalue weighted by Gasteiger charge is -2.28. The number of benzene rings is 1. The lowest BCUT2D eigenvalue weighted by atomic mass is 9.83. The molecule has 0 aliphatic carbocycles. The summed E-state index contributed by atoms with van der Waals surface area (Å²) in [4.78, 5) is 0. The molecule has 1 atom stereocenters. The SMILES string of the molecule is CC(C)(C)[C@@H](N)c1cc(Br)cc(Br)c1O. The van der Waals surface area contributed by atoms with Gasteiger partial charge < -0.3 is 10.8 Å². The van der Waals surface area contributed by atoms with Crippen LogP contribution in [-0.4, -0.2) is 5.11 Å². The fraction of sp³-hybridized carbons (Fsp3) is 0.455. The summed E-state index contributed by atoms with van der Waals surface area (Å²) in [6.07, 6.45) is 0. The van der Waals surface area contributed by atoms with E-state index in [1.807, 2.05) is 26.8 Å². The van der Waals surface area contributed by atoms with E-state index >= 15 is 0 Å². The highest BCUT2D eigenvalue weighted by atomic mass is 79.9. The van der Waals surface area contributed by atoms with Crippen molar-refractivity contribution in [1.29, 1.82) is 0 Å². The molecule has 0 fully saturated rings. The Kier molecular flexibility index (Phi) is 3.85. The third kappa shape index (κ3) is 2.95. The van der Waals surface area contributed by atoms with Gasteiger partial charge in [-0.1, -0.05) is 36.7 Å². The molecule has 84 valence electrons. The van der Waals surface area contributed by atoms with E-state index in [4.69, 9.17) is 5.73 Å². The van der Waals surface area contributed by atoms with Crippen LogP contribution in [0.5, 0.6) is 5.75 Å². The van der Waals surface area contributed by atoms with Crippen molar-refractivity contribution >= 4 is 31.9 Å². The molecule has 0 spiro atoms. The van der Waals surface area contributed by atoms with Crippen LogP contribution in [0.25, 0.3) is 0 Å². The Hall–Kier alpha value is -0.0600. The second kappa shape index (κ2) is 4.44. The van der Waals surface area contributed by atoms with Gasteiger partial charge >= 0.3 is 0 Å². The summed E-state index contributed by atoms with van der Waals surface area (Å²) in [7, 11) is 0. The van der Waals surface area contributed by atoms with Crippen LogP contribution in [0.3, 0.4) is 0 Å². The Morgan fingerprint density at radius 2 is 1.80 bits per heavy atom. The maximum atomic E-state index is 9.91. The molecule has 3 N–H and O–H groups in total. The first-order valence-electron chi connectivity index (χ1n) is 4.67. The van der Waals surface area contributed by atoms with Gasteiger partial charge in [0.15, 0.2) is 0 Å². The molecule has 0 aromatic heterocycles. The molecule has 0 amide bonds. The minimum absolute atomic E-state index is 0.0856. The van der Waals surface area contributed by atoms with Gasteiger partial charge in [-0.05, 0) is 33.5 Å². The fourth-order valence-corrected chi connectivity index (χ4v) is 2.55. The molecule has 15 heavy (non-hydrogen) atoms. The van der Waals surface area contributed by atoms with Gasteiger partial charge in [-0.2, -0.15) is 0 Å². The van der Waals surface area contributed by atoms with E-state index in [9.17, 15) is 5.11 Å². The smallest absolute Gasteiger partial charge is 0.134 e. The van der Waals surface area contributed by atoms with Gasteiger partial charge in [0.2, 0.25) is 0 Å². The van der Waals surface area contributed by atoms with Crippen molar-refractivity contribution in [1.82, 2.24) is 0 Å². The van der Waals surface area contributed by atoms with E-state index in [0.717, 1.165) is 10.0 Å². The maximum absolute atomic E-state index is 9.91. The largest absolute Gasteiger partial charge is 0.506 e. The highest BCUT2D eigenvalue weighted by Gasteiger charge is 2.25. The van der Waals surface area contributed by atoms with Crippen molar-refractivity contribution in [3.8, 4) is 5.75 Å². The summed E-state index contributed by atoms with van der Waals surface area (Å²) < 4.78 is 1.56. The standard InChI is InChI=1S/C11H15Br2NO/c1-11(2,3)10(14)7-4-6(12)5-8(13)9(7)15/h4-5,10,15H,14H2,1-3H3/t10-/m0/s1. The van der Waals surface area contributed by atoms with E-state index in [1.54, 1.807) is 6.07 Å². The number of hydrogen-bond acceptors (Lipinski definition) is 2. The Morgan fingerprint density at radius 3 is 2.27 bits per heavy atom. The minimum Gasteiger partial charge on any atom is -0.506 e. The number of phenolic OH excluding ortho intramolecular Hbond substituents is 1. The van der Waals surface area contributed by atoms with Crippen LogP contribution in [0.2, 0.25) is 0 Å². The summed E-state index contributed by atoms with van der Waals surface area (Å²) in [5.74, 6) is 0.223. The molecule has 0 aliphatic rings. The van der Waals surface area contributed by atoms with Crippen molar-refractivity contribution in [2.75, 3.05) is 0 Å². The lowest BCUT2D eigenvalue weighted by Crippen LogP contribution is -2.26. The van der Waals surface area contributed by atoms with Crippen LogP contribution in [-0.2, 0) is 0 Å². The molecule has 2 nitrogen and oxygen atoms in total. The van der Waals surface area contributed by atoms with E-state index in [1.165, 1.54) is 0 Å². The summed E-state index contributed by atoms with van der Waals surface area (Å²) in [5, 5.41) is 9.91. The van der Waals surface area contributed by atoms with Crippen LogP contribution in [0.4, 0.5) is 0 Å². The van der Waals surface area contributed by atoms with Crippen LogP contribution >= 0.6 is 31.9 Å². The van der Waals surface area contributed by atoms with E-state index in [-0.39, 0.29) is 17.2 Å².